The molecule has 1 aliphatic heterocycles. The number of fused-ring (bicyclic) bond motifs is 1. The highest BCUT2D eigenvalue weighted by atomic mass is 16.7. The van der Waals surface area contributed by atoms with Crippen molar-refractivity contribution < 1.29 is 9.47 Å². The first-order valence-corrected chi connectivity index (χ1v) is 7.90. The molecule has 0 spiro atoms. The topological polar surface area (TPSA) is 30.5 Å². The summed E-state index contributed by atoms with van der Waals surface area (Å²) in [6.45, 7) is 7.08. The van der Waals surface area contributed by atoms with Gasteiger partial charge in [0.15, 0.2) is 11.5 Å². The van der Waals surface area contributed by atoms with Crippen molar-refractivity contribution in [3.8, 4) is 11.5 Å². The lowest BCUT2D eigenvalue weighted by Gasteiger charge is -2.23. The standard InChI is InChI=1S/C17H27NO2/c1-4-6-8-15(7-5-2)18-13(3)14-9-10-16-17(11-14)20-12-19-16/h9-11,13,15,18H,4-8,12H2,1-3H3. The molecular weight excluding hydrogens is 250 g/mol. The lowest BCUT2D eigenvalue weighted by molar-refractivity contribution is 0.174. The molecule has 0 aromatic heterocycles. The number of hydrogen-bond donors (Lipinski definition) is 1. The maximum absolute atomic E-state index is 5.46. The smallest absolute Gasteiger partial charge is 0.231 e. The van der Waals surface area contributed by atoms with Gasteiger partial charge in [0.1, 0.15) is 0 Å². The normalized spacial score (nSPS) is 16.1. The van der Waals surface area contributed by atoms with E-state index in [9.17, 15) is 0 Å². The maximum atomic E-state index is 5.46. The number of unbranched alkanes of at least 4 members (excludes halogenated alkanes) is 1. The summed E-state index contributed by atoms with van der Waals surface area (Å²) in [6, 6.07) is 7.20. The maximum Gasteiger partial charge on any atom is 0.231 e. The van der Waals surface area contributed by atoms with Gasteiger partial charge in [-0.1, -0.05) is 39.2 Å². The first-order valence-electron chi connectivity index (χ1n) is 7.90. The van der Waals surface area contributed by atoms with Gasteiger partial charge in [0, 0.05) is 12.1 Å². The molecule has 112 valence electrons. The van der Waals surface area contributed by atoms with Gasteiger partial charge in [-0.05, 0) is 37.5 Å². The third kappa shape index (κ3) is 3.89. The molecule has 2 rings (SSSR count). The van der Waals surface area contributed by atoms with Crippen molar-refractivity contribution in [1.82, 2.24) is 5.32 Å². The Labute approximate surface area is 122 Å². The van der Waals surface area contributed by atoms with E-state index in [4.69, 9.17) is 9.47 Å². The van der Waals surface area contributed by atoms with E-state index in [-0.39, 0.29) is 0 Å². The fourth-order valence-corrected chi connectivity index (χ4v) is 2.74. The molecule has 1 aromatic carbocycles. The molecule has 0 fully saturated rings. The van der Waals surface area contributed by atoms with E-state index in [1.165, 1.54) is 37.7 Å². The van der Waals surface area contributed by atoms with E-state index in [1.807, 2.05) is 6.07 Å². The molecule has 1 heterocycles. The summed E-state index contributed by atoms with van der Waals surface area (Å²) in [5.74, 6) is 1.73. The minimum Gasteiger partial charge on any atom is -0.454 e. The summed E-state index contributed by atoms with van der Waals surface area (Å²) in [7, 11) is 0. The molecule has 0 radical (unpaired) electrons. The Morgan fingerprint density at radius 2 is 1.90 bits per heavy atom. The van der Waals surface area contributed by atoms with Crippen LogP contribution in [-0.2, 0) is 0 Å². The Morgan fingerprint density at radius 3 is 2.65 bits per heavy atom. The summed E-state index contributed by atoms with van der Waals surface area (Å²) in [5.41, 5.74) is 1.27. The largest absolute Gasteiger partial charge is 0.454 e. The van der Waals surface area contributed by atoms with Crippen LogP contribution < -0.4 is 14.8 Å². The third-order valence-corrected chi connectivity index (χ3v) is 3.93. The second-order valence-electron chi connectivity index (χ2n) is 5.63. The number of nitrogens with one attached hydrogen (secondary N) is 1. The van der Waals surface area contributed by atoms with E-state index < -0.39 is 0 Å². The summed E-state index contributed by atoms with van der Waals surface area (Å²) >= 11 is 0. The Balaban J connectivity index is 1.96. The van der Waals surface area contributed by atoms with Crippen molar-refractivity contribution in [1.29, 1.82) is 0 Å². The quantitative estimate of drug-likeness (QED) is 0.762. The van der Waals surface area contributed by atoms with Crippen molar-refractivity contribution in [2.24, 2.45) is 0 Å². The summed E-state index contributed by atoms with van der Waals surface area (Å²) in [5, 5.41) is 3.76. The molecule has 3 heteroatoms. The van der Waals surface area contributed by atoms with Gasteiger partial charge in [-0.25, -0.2) is 0 Å². The van der Waals surface area contributed by atoms with Gasteiger partial charge in [0.05, 0.1) is 0 Å². The first-order chi connectivity index (χ1) is 9.74. The Hall–Kier alpha value is -1.22. The van der Waals surface area contributed by atoms with Crippen LogP contribution >= 0.6 is 0 Å². The minimum atomic E-state index is 0.343. The van der Waals surface area contributed by atoms with Crippen molar-refractivity contribution in [2.45, 2.75) is 65.0 Å². The molecule has 0 bridgehead atoms. The molecule has 1 N–H and O–H groups in total. The van der Waals surface area contributed by atoms with E-state index in [2.05, 4.69) is 38.2 Å². The van der Waals surface area contributed by atoms with Crippen LogP contribution in [0.5, 0.6) is 11.5 Å². The molecule has 1 aromatic rings. The molecule has 0 amide bonds. The summed E-state index contributed by atoms with van der Waals surface area (Å²) in [6.07, 6.45) is 6.30. The van der Waals surface area contributed by atoms with Crippen molar-refractivity contribution >= 4 is 0 Å². The number of benzene rings is 1. The highest BCUT2D eigenvalue weighted by Crippen LogP contribution is 2.34. The molecular formula is C17H27NO2. The van der Waals surface area contributed by atoms with Crippen LogP contribution in [0.4, 0.5) is 0 Å². The lowest BCUT2D eigenvalue weighted by Crippen LogP contribution is -2.31. The molecule has 0 aliphatic carbocycles. The van der Waals surface area contributed by atoms with Crippen LogP contribution in [0.15, 0.2) is 18.2 Å². The fraction of sp³-hybridized carbons (Fsp3) is 0.647. The average Bonchev–Trinajstić information content (AvgIpc) is 2.92. The predicted molar refractivity (Wildman–Crippen MR) is 82.3 cm³/mol. The van der Waals surface area contributed by atoms with Gasteiger partial charge in [0.25, 0.3) is 0 Å². The molecule has 0 saturated carbocycles. The SMILES string of the molecule is CCCCC(CCC)NC(C)c1ccc2c(c1)OCO2. The number of hydrogen-bond acceptors (Lipinski definition) is 3. The van der Waals surface area contributed by atoms with Gasteiger partial charge >= 0.3 is 0 Å². The lowest BCUT2D eigenvalue weighted by atomic mass is 10.0. The number of ether oxygens (including phenoxy) is 2. The van der Waals surface area contributed by atoms with E-state index in [1.54, 1.807) is 0 Å². The second kappa shape index (κ2) is 7.53. The van der Waals surface area contributed by atoms with Crippen molar-refractivity contribution in [2.75, 3.05) is 6.79 Å². The van der Waals surface area contributed by atoms with Gasteiger partial charge in [-0.15, -0.1) is 0 Å². The average molecular weight is 277 g/mol. The van der Waals surface area contributed by atoms with Crippen LogP contribution in [0.1, 0.15) is 64.5 Å². The van der Waals surface area contributed by atoms with E-state index in [0.717, 1.165) is 11.5 Å². The Kier molecular flexibility index (Phi) is 5.72. The highest BCUT2D eigenvalue weighted by molar-refractivity contribution is 5.45. The van der Waals surface area contributed by atoms with Gasteiger partial charge in [-0.2, -0.15) is 0 Å². The Morgan fingerprint density at radius 1 is 1.10 bits per heavy atom. The molecule has 2 atom stereocenters. The molecule has 1 aliphatic rings. The van der Waals surface area contributed by atoms with E-state index in [0.29, 0.717) is 18.9 Å². The van der Waals surface area contributed by atoms with Crippen LogP contribution in [-0.4, -0.2) is 12.8 Å². The van der Waals surface area contributed by atoms with Gasteiger partial charge < -0.3 is 14.8 Å². The van der Waals surface area contributed by atoms with Gasteiger partial charge in [0.2, 0.25) is 6.79 Å². The number of rotatable bonds is 8. The zero-order chi connectivity index (χ0) is 14.4. The summed E-state index contributed by atoms with van der Waals surface area (Å²) in [4.78, 5) is 0. The van der Waals surface area contributed by atoms with Crippen LogP contribution in [0.3, 0.4) is 0 Å². The second-order valence-corrected chi connectivity index (χ2v) is 5.63. The van der Waals surface area contributed by atoms with Crippen LogP contribution in [0, 0.1) is 0 Å². The molecule has 3 nitrogen and oxygen atoms in total. The predicted octanol–water partition coefficient (Wildman–Crippen LogP) is 4.42. The van der Waals surface area contributed by atoms with Gasteiger partial charge in [-0.3, -0.25) is 0 Å². The summed E-state index contributed by atoms with van der Waals surface area (Å²) < 4.78 is 10.8. The van der Waals surface area contributed by atoms with E-state index >= 15 is 0 Å². The fourth-order valence-electron chi connectivity index (χ4n) is 2.74. The zero-order valence-electron chi connectivity index (χ0n) is 12.9. The molecule has 0 saturated heterocycles. The monoisotopic (exact) mass is 277 g/mol. The molecule has 20 heavy (non-hydrogen) atoms. The van der Waals surface area contributed by atoms with Crippen molar-refractivity contribution in [3.63, 3.8) is 0 Å². The minimum absolute atomic E-state index is 0.343. The first kappa shape index (κ1) is 15.2. The molecule has 2 unspecified atom stereocenters. The third-order valence-electron chi connectivity index (χ3n) is 3.93. The zero-order valence-corrected chi connectivity index (χ0v) is 12.9. The highest BCUT2D eigenvalue weighted by Gasteiger charge is 2.17. The van der Waals surface area contributed by atoms with Crippen molar-refractivity contribution in [3.05, 3.63) is 23.8 Å². The van der Waals surface area contributed by atoms with Crippen LogP contribution in [0.25, 0.3) is 0 Å². The Bertz CT molecular complexity index is 419. The van der Waals surface area contributed by atoms with Crippen LogP contribution in [0.2, 0.25) is 0 Å².